The highest BCUT2D eigenvalue weighted by Crippen LogP contribution is 2.26. The highest BCUT2D eigenvalue weighted by molar-refractivity contribution is 6.00. The van der Waals surface area contributed by atoms with Crippen LogP contribution in [0.5, 0.6) is 0 Å². The van der Waals surface area contributed by atoms with Gasteiger partial charge in [0.15, 0.2) is 5.78 Å². The minimum absolute atomic E-state index is 0.0558. The van der Waals surface area contributed by atoms with Crippen molar-refractivity contribution in [3.63, 3.8) is 0 Å². The molecule has 174 valence electrons. The lowest BCUT2D eigenvalue weighted by molar-refractivity contribution is -0.154. The van der Waals surface area contributed by atoms with E-state index in [0.717, 1.165) is 17.7 Å². The van der Waals surface area contributed by atoms with E-state index in [4.69, 9.17) is 14.7 Å². The molecule has 0 aliphatic rings. The molecule has 5 nitrogen and oxygen atoms in total. The van der Waals surface area contributed by atoms with E-state index in [0.29, 0.717) is 41.6 Å². The predicted octanol–water partition coefficient (Wildman–Crippen LogP) is 6.33. The van der Waals surface area contributed by atoms with Crippen LogP contribution in [0.3, 0.4) is 0 Å². The van der Waals surface area contributed by atoms with Gasteiger partial charge in [0.2, 0.25) is 0 Å². The van der Waals surface area contributed by atoms with Crippen molar-refractivity contribution in [2.75, 3.05) is 0 Å². The molecule has 6 heteroatoms. The molecule has 33 heavy (non-hydrogen) atoms. The summed E-state index contributed by atoms with van der Waals surface area (Å²) in [5.41, 5.74) is 3.64. The first-order valence-corrected chi connectivity index (χ1v) is 11.4. The van der Waals surface area contributed by atoms with Gasteiger partial charge in [0.1, 0.15) is 11.4 Å². The Hall–Kier alpha value is -3.15. The molecule has 0 amide bonds. The number of halogens is 1. The molecule has 0 bridgehead atoms. The highest BCUT2D eigenvalue weighted by atomic mass is 19.1. The van der Waals surface area contributed by atoms with Gasteiger partial charge in [-0.2, -0.15) is 0 Å². The van der Waals surface area contributed by atoms with Gasteiger partial charge in [-0.15, -0.1) is 0 Å². The van der Waals surface area contributed by atoms with Crippen LogP contribution in [0.25, 0.3) is 22.3 Å². The fraction of sp³-hybridized carbons (Fsp3) is 0.407. The average molecular weight is 451 g/mol. The smallest absolute Gasteiger partial charge is 0.306 e. The molecule has 0 spiro atoms. The van der Waals surface area contributed by atoms with Crippen molar-refractivity contribution in [2.24, 2.45) is 5.92 Å². The van der Waals surface area contributed by atoms with Crippen LogP contribution in [0.1, 0.15) is 69.9 Å². The minimum Gasteiger partial charge on any atom is -0.460 e. The standard InChI is InChI=1S/C27H31FN2O3/c1-17(2)26(32)19-12-15-21-23(16-19)29-22(8-6-7-9-24(31)33-27(3,4)5)25(30-21)18-10-13-20(28)14-11-18/h10-17H,6-9H2,1-5H3. The number of carbonyl (C=O) groups is 2. The summed E-state index contributed by atoms with van der Waals surface area (Å²) in [6.45, 7) is 9.28. The van der Waals surface area contributed by atoms with Crippen molar-refractivity contribution in [1.29, 1.82) is 0 Å². The van der Waals surface area contributed by atoms with Crippen LogP contribution in [0.4, 0.5) is 4.39 Å². The zero-order valence-corrected chi connectivity index (χ0v) is 19.9. The van der Waals surface area contributed by atoms with E-state index in [1.165, 1.54) is 12.1 Å². The molecule has 0 N–H and O–H groups in total. The van der Waals surface area contributed by atoms with Gasteiger partial charge in [-0.25, -0.2) is 14.4 Å². The van der Waals surface area contributed by atoms with Gasteiger partial charge in [0.25, 0.3) is 0 Å². The topological polar surface area (TPSA) is 69.2 Å². The molecule has 2 aromatic carbocycles. The highest BCUT2D eigenvalue weighted by Gasteiger charge is 2.17. The van der Waals surface area contributed by atoms with Gasteiger partial charge in [-0.3, -0.25) is 9.59 Å². The van der Waals surface area contributed by atoms with E-state index >= 15 is 0 Å². The van der Waals surface area contributed by atoms with Gasteiger partial charge < -0.3 is 4.74 Å². The van der Waals surface area contributed by atoms with E-state index in [1.807, 2.05) is 34.6 Å². The summed E-state index contributed by atoms with van der Waals surface area (Å²) in [7, 11) is 0. The summed E-state index contributed by atoms with van der Waals surface area (Å²) in [5.74, 6) is -0.590. The van der Waals surface area contributed by atoms with E-state index in [1.54, 1.807) is 30.3 Å². The van der Waals surface area contributed by atoms with Crippen molar-refractivity contribution in [1.82, 2.24) is 9.97 Å². The molecule has 0 fully saturated rings. The summed E-state index contributed by atoms with van der Waals surface area (Å²) >= 11 is 0. The fourth-order valence-electron chi connectivity index (χ4n) is 3.55. The number of fused-ring (bicyclic) bond motifs is 1. The van der Waals surface area contributed by atoms with Crippen LogP contribution in [0, 0.1) is 11.7 Å². The number of hydrogen-bond donors (Lipinski definition) is 0. The van der Waals surface area contributed by atoms with E-state index in [2.05, 4.69) is 0 Å². The van der Waals surface area contributed by atoms with Crippen molar-refractivity contribution < 1.29 is 18.7 Å². The maximum atomic E-state index is 13.5. The Labute approximate surface area is 194 Å². The number of ketones is 1. The quantitative estimate of drug-likeness (QED) is 0.228. The second kappa shape index (κ2) is 10.2. The van der Waals surface area contributed by atoms with Crippen molar-refractivity contribution in [3.05, 3.63) is 59.5 Å². The number of ether oxygens (including phenoxy) is 1. The second-order valence-electron chi connectivity index (χ2n) is 9.54. The average Bonchev–Trinajstić information content (AvgIpc) is 2.74. The molecule has 0 atom stereocenters. The fourth-order valence-corrected chi connectivity index (χ4v) is 3.55. The molecule has 3 aromatic rings. The third kappa shape index (κ3) is 6.67. The zero-order valence-electron chi connectivity index (χ0n) is 19.9. The van der Waals surface area contributed by atoms with Gasteiger partial charge in [0.05, 0.1) is 22.4 Å². The second-order valence-corrected chi connectivity index (χ2v) is 9.54. The lowest BCUT2D eigenvalue weighted by Gasteiger charge is -2.19. The molecule has 0 aliphatic heterocycles. The Morgan fingerprint density at radius 1 is 0.970 bits per heavy atom. The van der Waals surface area contributed by atoms with Gasteiger partial charge in [0, 0.05) is 23.5 Å². The molecular formula is C27H31FN2O3. The first-order chi connectivity index (χ1) is 15.5. The Bertz CT molecular complexity index is 1150. The van der Waals surface area contributed by atoms with Gasteiger partial charge in [-0.05, 0) is 82.5 Å². The zero-order chi connectivity index (χ0) is 24.2. The third-order valence-electron chi connectivity index (χ3n) is 5.13. The monoisotopic (exact) mass is 450 g/mol. The van der Waals surface area contributed by atoms with E-state index in [9.17, 15) is 14.0 Å². The van der Waals surface area contributed by atoms with Crippen LogP contribution in [-0.4, -0.2) is 27.3 Å². The number of unbranched alkanes of at least 4 members (excludes halogenated alkanes) is 1. The molecule has 0 unspecified atom stereocenters. The number of rotatable bonds is 8. The van der Waals surface area contributed by atoms with E-state index < -0.39 is 5.60 Å². The van der Waals surface area contributed by atoms with Crippen LogP contribution in [0.2, 0.25) is 0 Å². The number of esters is 1. The molecule has 0 radical (unpaired) electrons. The SMILES string of the molecule is CC(C)C(=O)c1ccc2nc(-c3ccc(F)cc3)c(CCCCC(=O)OC(C)(C)C)nc2c1. The largest absolute Gasteiger partial charge is 0.460 e. The molecule has 1 aromatic heterocycles. The molecule has 0 saturated heterocycles. The lowest BCUT2D eigenvalue weighted by Crippen LogP contribution is -2.23. The van der Waals surface area contributed by atoms with Crippen molar-refractivity contribution >= 4 is 22.8 Å². The van der Waals surface area contributed by atoms with Crippen molar-refractivity contribution in [2.45, 2.75) is 65.9 Å². The van der Waals surface area contributed by atoms with Crippen LogP contribution in [-0.2, 0) is 16.0 Å². The number of Topliss-reactive ketones (excluding diaryl/α,β-unsaturated/α-hetero) is 1. The van der Waals surface area contributed by atoms with Crippen LogP contribution in [0.15, 0.2) is 42.5 Å². The molecular weight excluding hydrogens is 419 g/mol. The van der Waals surface area contributed by atoms with Gasteiger partial charge >= 0.3 is 5.97 Å². The number of hydrogen-bond acceptors (Lipinski definition) is 5. The summed E-state index contributed by atoms with van der Waals surface area (Å²) in [6, 6.07) is 11.5. The van der Waals surface area contributed by atoms with E-state index in [-0.39, 0.29) is 23.5 Å². The number of nitrogens with zero attached hydrogens (tertiary/aromatic N) is 2. The van der Waals surface area contributed by atoms with Gasteiger partial charge in [-0.1, -0.05) is 13.8 Å². The Balaban J connectivity index is 1.88. The number of aryl methyl sites for hydroxylation is 1. The molecule has 1 heterocycles. The Morgan fingerprint density at radius 2 is 1.67 bits per heavy atom. The summed E-state index contributed by atoms with van der Waals surface area (Å²) in [5, 5.41) is 0. The molecule has 0 saturated carbocycles. The minimum atomic E-state index is -0.498. The molecule has 3 rings (SSSR count). The first kappa shape index (κ1) is 24.5. The third-order valence-corrected chi connectivity index (χ3v) is 5.13. The van der Waals surface area contributed by atoms with Crippen LogP contribution < -0.4 is 0 Å². The summed E-state index contributed by atoms with van der Waals surface area (Å²) < 4.78 is 18.8. The maximum Gasteiger partial charge on any atom is 0.306 e. The molecule has 0 aliphatic carbocycles. The van der Waals surface area contributed by atoms with Crippen molar-refractivity contribution in [3.8, 4) is 11.3 Å². The predicted molar refractivity (Wildman–Crippen MR) is 128 cm³/mol. The normalized spacial score (nSPS) is 11.7. The maximum absolute atomic E-state index is 13.5. The lowest BCUT2D eigenvalue weighted by atomic mass is 10.00. The summed E-state index contributed by atoms with van der Waals surface area (Å²) in [6.07, 6.45) is 2.31. The number of aromatic nitrogens is 2. The first-order valence-electron chi connectivity index (χ1n) is 11.4. The van der Waals surface area contributed by atoms with Crippen LogP contribution >= 0.6 is 0 Å². The Kier molecular flexibility index (Phi) is 7.57. The number of benzene rings is 2. The Morgan fingerprint density at radius 3 is 2.30 bits per heavy atom. The number of carbonyl (C=O) groups excluding carboxylic acids is 2. The summed E-state index contributed by atoms with van der Waals surface area (Å²) in [4.78, 5) is 34.1.